The molecule has 0 saturated heterocycles. The summed E-state index contributed by atoms with van der Waals surface area (Å²) in [4.78, 5) is 29.9. The van der Waals surface area contributed by atoms with Crippen LogP contribution in [0.15, 0.2) is 10.9 Å². The second-order valence-electron chi connectivity index (χ2n) is 6.88. The van der Waals surface area contributed by atoms with Crippen molar-refractivity contribution in [2.24, 2.45) is 7.05 Å². The standard InChI is InChI=1S/C17H25N7O2.ClH/c1-9(2)20-17-21-12-8-19-10(3)6-11(12)16(26)24(17)14-7-13(15(25)18-4)23(5)22-14;/h7,9-10,19H,6,8H2,1-5H3,(H,18,25)(H,20,21);1H/t10-;/m1./s1. The molecule has 0 saturated carbocycles. The van der Waals surface area contributed by atoms with Crippen LogP contribution in [0.25, 0.3) is 5.82 Å². The Morgan fingerprint density at radius 3 is 2.74 bits per heavy atom. The summed E-state index contributed by atoms with van der Waals surface area (Å²) in [5.74, 6) is 0.545. The van der Waals surface area contributed by atoms with Gasteiger partial charge in [0, 0.05) is 44.4 Å². The van der Waals surface area contributed by atoms with E-state index in [0.29, 0.717) is 36.0 Å². The van der Waals surface area contributed by atoms with Crippen molar-refractivity contribution in [2.75, 3.05) is 12.4 Å². The van der Waals surface area contributed by atoms with Crippen molar-refractivity contribution in [3.05, 3.63) is 33.4 Å². The molecule has 27 heavy (non-hydrogen) atoms. The summed E-state index contributed by atoms with van der Waals surface area (Å²) in [5.41, 5.74) is 1.68. The van der Waals surface area contributed by atoms with E-state index in [1.807, 2.05) is 20.8 Å². The quantitative estimate of drug-likeness (QED) is 0.700. The van der Waals surface area contributed by atoms with Crippen molar-refractivity contribution in [1.82, 2.24) is 30.0 Å². The molecule has 1 amide bonds. The van der Waals surface area contributed by atoms with Gasteiger partial charge in [0.05, 0.1) is 5.69 Å². The zero-order valence-corrected chi connectivity index (χ0v) is 17.0. The number of fused-ring (bicyclic) bond motifs is 1. The first kappa shape index (κ1) is 20.9. The van der Waals surface area contributed by atoms with E-state index >= 15 is 0 Å². The fourth-order valence-electron chi connectivity index (χ4n) is 3.07. The summed E-state index contributed by atoms with van der Waals surface area (Å²) >= 11 is 0. The first-order chi connectivity index (χ1) is 12.3. The lowest BCUT2D eigenvalue weighted by atomic mass is 10.0. The van der Waals surface area contributed by atoms with Crippen LogP contribution in [-0.4, -0.2) is 44.4 Å². The van der Waals surface area contributed by atoms with Gasteiger partial charge in [0.1, 0.15) is 5.69 Å². The molecule has 10 heteroatoms. The molecule has 9 nitrogen and oxygen atoms in total. The Hall–Kier alpha value is -2.39. The number of rotatable bonds is 4. The minimum absolute atomic E-state index is 0. The van der Waals surface area contributed by atoms with Crippen LogP contribution in [0.2, 0.25) is 0 Å². The molecule has 0 spiro atoms. The van der Waals surface area contributed by atoms with E-state index in [1.165, 1.54) is 9.25 Å². The fourth-order valence-corrected chi connectivity index (χ4v) is 3.07. The smallest absolute Gasteiger partial charge is 0.269 e. The highest BCUT2D eigenvalue weighted by atomic mass is 35.5. The Bertz CT molecular complexity index is 903. The van der Waals surface area contributed by atoms with Crippen molar-refractivity contribution in [2.45, 2.75) is 45.8 Å². The highest BCUT2D eigenvalue weighted by Crippen LogP contribution is 2.18. The van der Waals surface area contributed by atoms with E-state index in [-0.39, 0.29) is 36.0 Å². The largest absolute Gasteiger partial charge is 0.354 e. The van der Waals surface area contributed by atoms with Crippen LogP contribution in [0.3, 0.4) is 0 Å². The maximum Gasteiger partial charge on any atom is 0.269 e. The summed E-state index contributed by atoms with van der Waals surface area (Å²) in [5, 5.41) is 13.5. The monoisotopic (exact) mass is 395 g/mol. The van der Waals surface area contributed by atoms with Crippen LogP contribution >= 0.6 is 12.4 Å². The van der Waals surface area contributed by atoms with Crippen LogP contribution < -0.4 is 21.5 Å². The minimum Gasteiger partial charge on any atom is -0.354 e. The van der Waals surface area contributed by atoms with Crippen molar-refractivity contribution < 1.29 is 4.79 Å². The summed E-state index contributed by atoms with van der Waals surface area (Å²) in [7, 11) is 3.23. The van der Waals surface area contributed by atoms with Crippen LogP contribution in [0.1, 0.15) is 42.5 Å². The van der Waals surface area contributed by atoms with Crippen molar-refractivity contribution >= 4 is 24.3 Å². The van der Waals surface area contributed by atoms with Crippen LogP contribution in [0.5, 0.6) is 0 Å². The van der Waals surface area contributed by atoms with Crippen LogP contribution in [0.4, 0.5) is 5.95 Å². The predicted octanol–water partition coefficient (Wildman–Crippen LogP) is 0.602. The maximum absolute atomic E-state index is 13.2. The number of carbonyl (C=O) groups is 1. The van der Waals surface area contributed by atoms with Gasteiger partial charge in [0.2, 0.25) is 5.95 Å². The number of nitrogens with zero attached hydrogens (tertiary/aromatic N) is 4. The lowest BCUT2D eigenvalue weighted by molar-refractivity contribution is 0.0954. The molecule has 3 N–H and O–H groups in total. The lowest BCUT2D eigenvalue weighted by Crippen LogP contribution is -2.40. The molecule has 0 aromatic carbocycles. The SMILES string of the molecule is CNC(=O)c1cc(-n2c(NC(C)C)nc3c(c2=O)C[C@@H](C)NC3)nn1C.Cl. The van der Waals surface area contributed by atoms with E-state index < -0.39 is 0 Å². The lowest BCUT2D eigenvalue weighted by Gasteiger charge is -2.24. The Balaban J connectivity index is 0.00000261. The molecule has 2 aromatic rings. The molecular weight excluding hydrogens is 370 g/mol. The van der Waals surface area contributed by atoms with E-state index in [9.17, 15) is 9.59 Å². The van der Waals surface area contributed by atoms with Crippen LogP contribution in [-0.2, 0) is 20.0 Å². The number of hydrogen-bond acceptors (Lipinski definition) is 6. The van der Waals surface area contributed by atoms with E-state index in [2.05, 4.69) is 26.0 Å². The number of hydrogen-bond donors (Lipinski definition) is 3. The van der Waals surface area contributed by atoms with E-state index in [4.69, 9.17) is 0 Å². The third-order valence-corrected chi connectivity index (χ3v) is 4.36. The van der Waals surface area contributed by atoms with Crippen molar-refractivity contribution in [3.8, 4) is 5.82 Å². The molecule has 3 heterocycles. The molecule has 0 radical (unpaired) electrons. The molecule has 3 rings (SSSR count). The Morgan fingerprint density at radius 1 is 1.41 bits per heavy atom. The van der Waals surface area contributed by atoms with Gasteiger partial charge in [-0.05, 0) is 27.2 Å². The van der Waals surface area contributed by atoms with Gasteiger partial charge in [-0.1, -0.05) is 0 Å². The summed E-state index contributed by atoms with van der Waals surface area (Å²) in [6.45, 7) is 6.55. The number of aryl methyl sites for hydroxylation is 1. The molecule has 1 atom stereocenters. The summed E-state index contributed by atoms with van der Waals surface area (Å²) < 4.78 is 2.92. The molecule has 148 valence electrons. The molecule has 0 bridgehead atoms. The average Bonchev–Trinajstić information content (AvgIpc) is 2.96. The maximum atomic E-state index is 13.2. The van der Waals surface area contributed by atoms with Gasteiger partial charge in [-0.3, -0.25) is 14.3 Å². The first-order valence-electron chi connectivity index (χ1n) is 8.73. The molecule has 0 unspecified atom stereocenters. The Kier molecular flexibility index (Phi) is 6.27. The zero-order valence-electron chi connectivity index (χ0n) is 16.2. The van der Waals surface area contributed by atoms with Crippen molar-refractivity contribution in [3.63, 3.8) is 0 Å². The van der Waals surface area contributed by atoms with Gasteiger partial charge in [0.25, 0.3) is 11.5 Å². The summed E-state index contributed by atoms with van der Waals surface area (Å²) in [6, 6.07) is 1.90. The Labute approximate surface area is 164 Å². The summed E-state index contributed by atoms with van der Waals surface area (Å²) in [6.07, 6.45) is 0.609. The number of anilines is 1. The minimum atomic E-state index is -0.263. The molecule has 1 aliphatic rings. The van der Waals surface area contributed by atoms with Crippen molar-refractivity contribution in [1.29, 1.82) is 0 Å². The second kappa shape index (κ2) is 8.10. The van der Waals surface area contributed by atoms with Gasteiger partial charge in [-0.15, -0.1) is 12.4 Å². The molecule has 0 fully saturated rings. The highest BCUT2D eigenvalue weighted by Gasteiger charge is 2.25. The van der Waals surface area contributed by atoms with E-state index in [1.54, 1.807) is 20.2 Å². The van der Waals surface area contributed by atoms with Gasteiger partial charge in [-0.25, -0.2) is 9.55 Å². The molecule has 2 aromatic heterocycles. The van der Waals surface area contributed by atoms with Gasteiger partial charge in [-0.2, -0.15) is 5.10 Å². The second-order valence-corrected chi connectivity index (χ2v) is 6.88. The van der Waals surface area contributed by atoms with Gasteiger partial charge >= 0.3 is 0 Å². The Morgan fingerprint density at radius 2 is 2.11 bits per heavy atom. The van der Waals surface area contributed by atoms with Crippen LogP contribution in [0, 0.1) is 0 Å². The number of aromatic nitrogens is 4. The average molecular weight is 396 g/mol. The highest BCUT2D eigenvalue weighted by molar-refractivity contribution is 5.92. The zero-order chi connectivity index (χ0) is 19.0. The fraction of sp³-hybridized carbons (Fsp3) is 0.529. The normalized spacial score (nSPS) is 15.9. The van der Waals surface area contributed by atoms with E-state index in [0.717, 1.165) is 5.69 Å². The van der Waals surface area contributed by atoms with Gasteiger partial charge in [0.15, 0.2) is 5.82 Å². The third-order valence-electron chi connectivity index (χ3n) is 4.36. The molecule has 1 aliphatic heterocycles. The number of nitrogens with one attached hydrogen (secondary N) is 3. The number of carbonyl (C=O) groups excluding carboxylic acids is 1. The first-order valence-corrected chi connectivity index (χ1v) is 8.73. The molecule has 0 aliphatic carbocycles. The third kappa shape index (κ3) is 3.98. The predicted molar refractivity (Wildman–Crippen MR) is 106 cm³/mol. The van der Waals surface area contributed by atoms with Gasteiger partial charge < -0.3 is 16.0 Å². The topological polar surface area (TPSA) is 106 Å². The number of halogens is 1. The molecular formula is C17H26ClN7O2. The number of amides is 1.